The lowest BCUT2D eigenvalue weighted by atomic mass is 10.1. The van der Waals surface area contributed by atoms with Gasteiger partial charge in [0.2, 0.25) is 5.95 Å². The maximum Gasteiger partial charge on any atom is 0.221 e. The first-order valence-corrected chi connectivity index (χ1v) is 6.05. The van der Waals surface area contributed by atoms with E-state index in [9.17, 15) is 15.0 Å². The molecule has 0 aliphatic rings. The van der Waals surface area contributed by atoms with E-state index in [2.05, 4.69) is 9.97 Å². The normalized spacial score (nSPS) is 14.4. The molecule has 0 aliphatic carbocycles. The van der Waals surface area contributed by atoms with Crippen LogP contribution >= 0.6 is 23.4 Å². The van der Waals surface area contributed by atoms with Crippen molar-refractivity contribution >= 4 is 34.4 Å². The van der Waals surface area contributed by atoms with Crippen LogP contribution < -0.4 is 5.73 Å². The van der Waals surface area contributed by atoms with Crippen molar-refractivity contribution in [3.8, 4) is 0 Å². The Hall–Kier alpha value is -0.890. The molecule has 0 amide bonds. The second kappa shape index (κ2) is 6.15. The standard InChI is InChI=1S/C9H12ClN3O3S/c1-4(14)17-3-6(15)7(16)5-2-12-9(11)13-8(5)10/h2,6-7,15-16H,3H2,1H3,(H2,11,12,13). The average molecular weight is 278 g/mol. The minimum absolute atomic E-state index is 0.0152. The predicted octanol–water partition coefficient (Wildman–Crippen LogP) is 0.386. The molecule has 0 aliphatic heterocycles. The molecule has 1 rings (SSSR count). The van der Waals surface area contributed by atoms with Crippen molar-refractivity contribution in [2.24, 2.45) is 0 Å². The fourth-order valence-corrected chi connectivity index (χ4v) is 1.92. The van der Waals surface area contributed by atoms with Crippen molar-refractivity contribution in [3.05, 3.63) is 16.9 Å². The van der Waals surface area contributed by atoms with Crippen molar-refractivity contribution in [3.63, 3.8) is 0 Å². The lowest BCUT2D eigenvalue weighted by molar-refractivity contribution is -0.109. The molecule has 17 heavy (non-hydrogen) atoms. The van der Waals surface area contributed by atoms with Gasteiger partial charge in [0.15, 0.2) is 5.12 Å². The van der Waals surface area contributed by atoms with E-state index in [0.29, 0.717) is 0 Å². The summed E-state index contributed by atoms with van der Waals surface area (Å²) in [5.74, 6) is 0.0514. The Morgan fingerprint density at radius 1 is 1.65 bits per heavy atom. The van der Waals surface area contributed by atoms with Gasteiger partial charge in [-0.15, -0.1) is 0 Å². The van der Waals surface area contributed by atoms with E-state index in [0.717, 1.165) is 11.8 Å². The Balaban J connectivity index is 2.74. The molecule has 4 N–H and O–H groups in total. The molecule has 0 fully saturated rings. The predicted molar refractivity (Wildman–Crippen MR) is 65.6 cm³/mol. The fraction of sp³-hybridized carbons (Fsp3) is 0.444. The number of nitrogens with two attached hydrogens (primary N) is 1. The summed E-state index contributed by atoms with van der Waals surface area (Å²) in [6, 6.07) is 0. The molecular weight excluding hydrogens is 266 g/mol. The van der Waals surface area contributed by atoms with Crippen molar-refractivity contribution in [2.45, 2.75) is 19.1 Å². The van der Waals surface area contributed by atoms with E-state index < -0.39 is 12.2 Å². The maximum atomic E-state index is 10.7. The number of thioether (sulfide) groups is 1. The third-order valence-electron chi connectivity index (χ3n) is 1.93. The molecule has 0 radical (unpaired) electrons. The van der Waals surface area contributed by atoms with Gasteiger partial charge in [-0.3, -0.25) is 4.79 Å². The van der Waals surface area contributed by atoms with Crippen LogP contribution in [0.3, 0.4) is 0 Å². The van der Waals surface area contributed by atoms with Gasteiger partial charge < -0.3 is 15.9 Å². The van der Waals surface area contributed by atoms with Crippen LogP contribution in [0.15, 0.2) is 6.20 Å². The number of rotatable bonds is 4. The molecular formula is C9H12ClN3O3S. The SMILES string of the molecule is CC(=O)SCC(O)C(O)c1cnc(N)nc1Cl. The molecule has 8 heteroatoms. The van der Waals surface area contributed by atoms with Gasteiger partial charge in [-0.25, -0.2) is 9.97 Å². The minimum atomic E-state index is -1.25. The summed E-state index contributed by atoms with van der Waals surface area (Å²) in [6.07, 6.45) is -1.14. The summed E-state index contributed by atoms with van der Waals surface area (Å²) < 4.78 is 0. The van der Waals surface area contributed by atoms with Crippen LogP contribution in [0.1, 0.15) is 18.6 Å². The number of carbonyl (C=O) groups is 1. The molecule has 6 nitrogen and oxygen atoms in total. The van der Waals surface area contributed by atoms with E-state index in [-0.39, 0.29) is 27.5 Å². The highest BCUT2D eigenvalue weighted by atomic mass is 35.5. The number of nitrogens with zero attached hydrogens (tertiary/aromatic N) is 2. The van der Waals surface area contributed by atoms with Crippen LogP contribution in [0.4, 0.5) is 5.95 Å². The third-order valence-corrected chi connectivity index (χ3v) is 3.14. The van der Waals surface area contributed by atoms with Crippen LogP contribution in [0, 0.1) is 0 Å². The van der Waals surface area contributed by atoms with Crippen LogP contribution in [0.25, 0.3) is 0 Å². The zero-order valence-electron chi connectivity index (χ0n) is 9.00. The number of hydrogen-bond acceptors (Lipinski definition) is 7. The lowest BCUT2D eigenvalue weighted by Gasteiger charge is -2.17. The number of nitrogen functional groups attached to an aromatic ring is 1. The Bertz CT molecular complexity index is 418. The number of halogens is 1. The monoisotopic (exact) mass is 277 g/mol. The Labute approximate surface area is 107 Å². The highest BCUT2D eigenvalue weighted by Gasteiger charge is 2.22. The number of carbonyl (C=O) groups excluding carboxylic acids is 1. The van der Waals surface area contributed by atoms with Crippen LogP contribution in [0.2, 0.25) is 5.15 Å². The van der Waals surface area contributed by atoms with E-state index >= 15 is 0 Å². The van der Waals surface area contributed by atoms with Crippen molar-refractivity contribution in [1.82, 2.24) is 9.97 Å². The molecule has 2 unspecified atom stereocenters. The van der Waals surface area contributed by atoms with Crippen LogP contribution in [0.5, 0.6) is 0 Å². The summed E-state index contributed by atoms with van der Waals surface area (Å²) in [5, 5.41) is 19.3. The smallest absolute Gasteiger partial charge is 0.221 e. The quantitative estimate of drug-likeness (QED) is 0.683. The first-order chi connectivity index (χ1) is 7.91. The second-order valence-electron chi connectivity index (χ2n) is 3.29. The first kappa shape index (κ1) is 14.2. The molecule has 0 spiro atoms. The third kappa shape index (κ3) is 4.12. The fourth-order valence-electron chi connectivity index (χ4n) is 1.08. The lowest BCUT2D eigenvalue weighted by Crippen LogP contribution is -2.22. The van der Waals surface area contributed by atoms with Crippen molar-refractivity contribution in [1.29, 1.82) is 0 Å². The van der Waals surface area contributed by atoms with Crippen LogP contribution in [-0.2, 0) is 4.79 Å². The number of anilines is 1. The molecule has 0 bridgehead atoms. The molecule has 0 saturated carbocycles. The largest absolute Gasteiger partial charge is 0.389 e. The Kier molecular flexibility index (Phi) is 5.13. The van der Waals surface area contributed by atoms with Crippen molar-refractivity contribution < 1.29 is 15.0 Å². The van der Waals surface area contributed by atoms with Crippen LogP contribution in [-0.4, -0.2) is 37.2 Å². The highest BCUT2D eigenvalue weighted by molar-refractivity contribution is 8.13. The van der Waals surface area contributed by atoms with Gasteiger partial charge in [-0.2, -0.15) is 0 Å². The highest BCUT2D eigenvalue weighted by Crippen LogP contribution is 2.25. The number of aliphatic hydroxyl groups is 2. The van der Waals surface area contributed by atoms with E-state index in [1.807, 2.05) is 0 Å². The van der Waals surface area contributed by atoms with Gasteiger partial charge >= 0.3 is 0 Å². The van der Waals surface area contributed by atoms with E-state index in [1.165, 1.54) is 13.1 Å². The van der Waals surface area contributed by atoms with E-state index in [4.69, 9.17) is 17.3 Å². The summed E-state index contributed by atoms with van der Waals surface area (Å²) >= 11 is 6.67. The van der Waals surface area contributed by atoms with Crippen molar-refractivity contribution in [2.75, 3.05) is 11.5 Å². The summed E-state index contributed by atoms with van der Waals surface area (Å²) in [7, 11) is 0. The van der Waals surface area contributed by atoms with Gasteiger partial charge in [0.05, 0.1) is 6.10 Å². The van der Waals surface area contributed by atoms with Gasteiger partial charge in [-0.1, -0.05) is 23.4 Å². The Morgan fingerprint density at radius 2 is 2.29 bits per heavy atom. The summed E-state index contributed by atoms with van der Waals surface area (Å²) in [4.78, 5) is 18.1. The van der Waals surface area contributed by atoms with Gasteiger partial charge in [0.25, 0.3) is 0 Å². The molecule has 0 aromatic carbocycles. The summed E-state index contributed by atoms with van der Waals surface area (Å²) in [5.41, 5.74) is 5.48. The Morgan fingerprint density at radius 3 is 2.82 bits per heavy atom. The molecule has 94 valence electrons. The molecule has 1 aromatic rings. The van der Waals surface area contributed by atoms with E-state index in [1.54, 1.807) is 0 Å². The topological polar surface area (TPSA) is 109 Å². The van der Waals surface area contributed by atoms with Gasteiger partial charge in [0, 0.05) is 24.4 Å². The summed E-state index contributed by atoms with van der Waals surface area (Å²) in [6.45, 7) is 1.38. The zero-order valence-corrected chi connectivity index (χ0v) is 10.6. The number of aromatic nitrogens is 2. The minimum Gasteiger partial charge on any atom is -0.389 e. The molecule has 0 saturated heterocycles. The molecule has 1 aromatic heterocycles. The number of hydrogen-bond donors (Lipinski definition) is 3. The van der Waals surface area contributed by atoms with Gasteiger partial charge in [0.1, 0.15) is 11.3 Å². The molecule has 2 atom stereocenters. The van der Waals surface area contributed by atoms with Gasteiger partial charge in [-0.05, 0) is 0 Å². The second-order valence-corrected chi connectivity index (χ2v) is 4.84. The number of aliphatic hydroxyl groups excluding tert-OH is 2. The average Bonchev–Trinajstić information content (AvgIpc) is 2.25. The molecule has 1 heterocycles. The zero-order chi connectivity index (χ0) is 13.0. The first-order valence-electron chi connectivity index (χ1n) is 4.69. The maximum absolute atomic E-state index is 10.7.